The lowest BCUT2D eigenvalue weighted by atomic mass is 9.87. The number of benzene rings is 2. The molecular formula is C22H18Cl2F3N3O4. The lowest BCUT2D eigenvalue weighted by Gasteiger charge is -2.28. The number of imide groups is 1. The molecule has 2 heterocycles. The van der Waals surface area contributed by atoms with Crippen molar-refractivity contribution in [2.45, 2.75) is 37.7 Å². The fourth-order valence-electron chi connectivity index (χ4n) is 4.53. The Labute approximate surface area is 202 Å². The molecule has 2 saturated heterocycles. The van der Waals surface area contributed by atoms with E-state index in [1.807, 2.05) is 0 Å². The molecule has 0 aliphatic carbocycles. The van der Waals surface area contributed by atoms with E-state index in [0.717, 1.165) is 17.0 Å². The summed E-state index contributed by atoms with van der Waals surface area (Å²) in [6, 6.07) is 8.34. The number of rotatable bonds is 5. The molecule has 2 aliphatic rings. The zero-order valence-corrected chi connectivity index (χ0v) is 19.2. The highest BCUT2D eigenvalue weighted by Gasteiger charge is 2.62. The predicted octanol–water partition coefficient (Wildman–Crippen LogP) is 4.55. The van der Waals surface area contributed by atoms with Gasteiger partial charge >= 0.3 is 12.4 Å². The van der Waals surface area contributed by atoms with Crippen molar-refractivity contribution in [3.63, 3.8) is 0 Å². The van der Waals surface area contributed by atoms with E-state index in [1.165, 1.54) is 42.2 Å². The number of alkyl halides is 3. The number of nitrogens with one attached hydrogen (secondary N) is 1. The highest BCUT2D eigenvalue weighted by molar-refractivity contribution is 6.35. The number of urea groups is 1. The Morgan fingerprint density at radius 1 is 1.15 bits per heavy atom. The zero-order valence-electron chi connectivity index (χ0n) is 17.7. The van der Waals surface area contributed by atoms with Crippen LogP contribution >= 0.6 is 23.2 Å². The van der Waals surface area contributed by atoms with Gasteiger partial charge in [0.25, 0.3) is 5.91 Å². The fourth-order valence-corrected chi connectivity index (χ4v) is 5.04. The number of nitrogens with zero attached hydrogens (tertiary/aromatic N) is 2. The molecular weight excluding hydrogens is 498 g/mol. The molecule has 0 saturated carbocycles. The minimum Gasteiger partial charge on any atom is -0.406 e. The summed E-state index contributed by atoms with van der Waals surface area (Å²) in [6.07, 6.45) is -4.69. The number of fused-ring (bicyclic) bond motifs is 1. The molecule has 4 amide bonds. The Balaban J connectivity index is 1.69. The number of carbonyl (C=O) groups excluding carboxylic acids is 3. The van der Waals surface area contributed by atoms with Crippen LogP contribution < -0.4 is 15.0 Å². The van der Waals surface area contributed by atoms with Crippen LogP contribution in [-0.2, 0) is 16.0 Å². The Kier molecular flexibility index (Phi) is 6.15. The van der Waals surface area contributed by atoms with Gasteiger partial charge in [-0.1, -0.05) is 35.3 Å². The Morgan fingerprint density at radius 3 is 2.32 bits per heavy atom. The van der Waals surface area contributed by atoms with Crippen molar-refractivity contribution in [2.75, 3.05) is 11.4 Å². The second kappa shape index (κ2) is 8.66. The van der Waals surface area contributed by atoms with E-state index in [4.69, 9.17) is 23.2 Å². The van der Waals surface area contributed by atoms with E-state index in [0.29, 0.717) is 5.56 Å². The zero-order chi connectivity index (χ0) is 24.8. The van der Waals surface area contributed by atoms with E-state index >= 15 is 0 Å². The number of amides is 4. The van der Waals surface area contributed by atoms with Crippen molar-refractivity contribution in [3.05, 3.63) is 58.1 Å². The van der Waals surface area contributed by atoms with Gasteiger partial charge in [-0.3, -0.25) is 9.59 Å². The van der Waals surface area contributed by atoms with E-state index < -0.39 is 35.6 Å². The Bertz CT molecular complexity index is 1140. The van der Waals surface area contributed by atoms with Gasteiger partial charge in [-0.05, 0) is 35.9 Å². The average Bonchev–Trinajstić information content (AvgIpc) is 3.14. The first kappa shape index (κ1) is 24.2. The molecule has 0 bridgehead atoms. The molecule has 2 aliphatic heterocycles. The highest BCUT2D eigenvalue weighted by atomic mass is 35.5. The van der Waals surface area contributed by atoms with E-state index in [1.54, 1.807) is 0 Å². The molecule has 7 nitrogen and oxygen atoms in total. The Morgan fingerprint density at radius 2 is 1.76 bits per heavy atom. The summed E-state index contributed by atoms with van der Waals surface area (Å²) in [5, 5.41) is 3.21. The first-order valence-corrected chi connectivity index (χ1v) is 10.9. The first-order valence-electron chi connectivity index (χ1n) is 10.1. The van der Waals surface area contributed by atoms with Gasteiger partial charge in [-0.2, -0.15) is 0 Å². The molecule has 2 aromatic rings. The summed E-state index contributed by atoms with van der Waals surface area (Å²) in [5.74, 6) is -1.26. The standard InChI is InChI=1S/C22H18Cl2F3N3O4/c1-12(31)28-16-10-21(9-13-2-4-18(5-3-13)34-22(25,26)27)19(32)30(20(33)29(21)11-16)17-7-14(23)6-15(24)8-17/h2-8,16H,9-11H2,1H3,(H,28,31)/t16-,21+/m0/s1. The van der Waals surface area contributed by atoms with Gasteiger partial charge in [-0.25, -0.2) is 9.69 Å². The van der Waals surface area contributed by atoms with E-state index in [2.05, 4.69) is 10.1 Å². The summed E-state index contributed by atoms with van der Waals surface area (Å²) in [4.78, 5) is 41.1. The normalized spacial score (nSPS) is 22.2. The van der Waals surface area contributed by atoms with Crippen LogP contribution in [0.5, 0.6) is 5.75 Å². The second-order valence-corrected chi connectivity index (χ2v) is 9.04. The van der Waals surface area contributed by atoms with Gasteiger partial charge in [-0.15, -0.1) is 13.2 Å². The monoisotopic (exact) mass is 515 g/mol. The van der Waals surface area contributed by atoms with E-state index in [-0.39, 0.29) is 41.0 Å². The van der Waals surface area contributed by atoms with Crippen molar-refractivity contribution in [3.8, 4) is 5.75 Å². The van der Waals surface area contributed by atoms with Crippen LogP contribution in [0.2, 0.25) is 10.0 Å². The summed E-state index contributed by atoms with van der Waals surface area (Å²) in [5.41, 5.74) is -0.646. The minimum absolute atomic E-state index is 0.0186. The van der Waals surface area contributed by atoms with Crippen LogP contribution in [-0.4, -0.2) is 47.2 Å². The molecule has 0 radical (unpaired) electrons. The van der Waals surface area contributed by atoms with Crippen molar-refractivity contribution in [1.82, 2.24) is 10.2 Å². The molecule has 1 N–H and O–H groups in total. The SMILES string of the molecule is CC(=O)N[C@@H]1CN2C(=O)N(c3cc(Cl)cc(Cl)c3)C(=O)[C@@]2(Cc2ccc(OC(F)(F)F)cc2)C1. The number of hydrogen-bond acceptors (Lipinski definition) is 4. The number of hydrogen-bond donors (Lipinski definition) is 1. The lowest BCUT2D eigenvalue weighted by molar-refractivity contribution is -0.274. The van der Waals surface area contributed by atoms with Crippen LogP contribution in [0.15, 0.2) is 42.5 Å². The van der Waals surface area contributed by atoms with Crippen molar-refractivity contribution >= 4 is 46.7 Å². The third-order valence-electron chi connectivity index (χ3n) is 5.69. The number of anilines is 1. The minimum atomic E-state index is -4.83. The van der Waals surface area contributed by atoms with Gasteiger partial charge in [0.05, 0.1) is 5.69 Å². The molecule has 0 aromatic heterocycles. The van der Waals surface area contributed by atoms with Crippen molar-refractivity contribution in [1.29, 1.82) is 0 Å². The lowest BCUT2D eigenvalue weighted by Crippen LogP contribution is -2.47. The number of halogens is 5. The molecule has 2 fully saturated rings. The van der Waals surface area contributed by atoms with Crippen LogP contribution in [0, 0.1) is 0 Å². The van der Waals surface area contributed by atoms with Gasteiger partial charge in [0, 0.05) is 42.4 Å². The van der Waals surface area contributed by atoms with Gasteiger partial charge < -0.3 is 15.0 Å². The molecule has 0 unspecified atom stereocenters. The van der Waals surface area contributed by atoms with Crippen LogP contribution in [0.4, 0.5) is 23.7 Å². The predicted molar refractivity (Wildman–Crippen MR) is 118 cm³/mol. The van der Waals surface area contributed by atoms with Crippen molar-refractivity contribution in [2.24, 2.45) is 0 Å². The fraction of sp³-hybridized carbons (Fsp3) is 0.318. The molecule has 2 aromatic carbocycles. The topological polar surface area (TPSA) is 79.0 Å². The van der Waals surface area contributed by atoms with Gasteiger partial charge in [0.2, 0.25) is 5.91 Å². The van der Waals surface area contributed by atoms with Crippen LogP contribution in [0.3, 0.4) is 0 Å². The van der Waals surface area contributed by atoms with E-state index in [9.17, 15) is 27.6 Å². The third-order valence-corrected chi connectivity index (χ3v) is 6.13. The van der Waals surface area contributed by atoms with Crippen molar-refractivity contribution < 1.29 is 32.3 Å². The molecule has 0 spiro atoms. The molecule has 180 valence electrons. The Hall–Kier alpha value is -2.98. The maximum atomic E-state index is 13.7. The smallest absolute Gasteiger partial charge is 0.406 e. The van der Waals surface area contributed by atoms with Crippen LogP contribution in [0.25, 0.3) is 0 Å². The molecule has 34 heavy (non-hydrogen) atoms. The molecule has 12 heteroatoms. The summed E-state index contributed by atoms with van der Waals surface area (Å²) in [7, 11) is 0. The maximum absolute atomic E-state index is 13.7. The molecule has 4 rings (SSSR count). The highest BCUT2D eigenvalue weighted by Crippen LogP contribution is 2.43. The summed E-state index contributed by atoms with van der Waals surface area (Å²) in [6.45, 7) is 1.42. The second-order valence-electron chi connectivity index (χ2n) is 8.16. The third kappa shape index (κ3) is 4.65. The maximum Gasteiger partial charge on any atom is 0.573 e. The summed E-state index contributed by atoms with van der Waals surface area (Å²) < 4.78 is 41.3. The number of ether oxygens (including phenoxy) is 1. The number of carbonyl (C=O) groups is 3. The average molecular weight is 516 g/mol. The largest absolute Gasteiger partial charge is 0.573 e. The first-order chi connectivity index (χ1) is 15.9. The van der Waals surface area contributed by atoms with Gasteiger partial charge in [0.1, 0.15) is 11.3 Å². The molecule has 2 atom stereocenters. The summed E-state index contributed by atoms with van der Waals surface area (Å²) >= 11 is 12.1. The quantitative estimate of drug-likeness (QED) is 0.592. The van der Waals surface area contributed by atoms with Crippen LogP contribution in [0.1, 0.15) is 18.9 Å². The van der Waals surface area contributed by atoms with Gasteiger partial charge in [0.15, 0.2) is 0 Å².